The summed E-state index contributed by atoms with van der Waals surface area (Å²) in [6, 6.07) is 17.6. The van der Waals surface area contributed by atoms with Crippen LogP contribution in [-0.2, 0) is 11.2 Å². The number of benzene rings is 1. The Hall–Kier alpha value is -2.88. The summed E-state index contributed by atoms with van der Waals surface area (Å²) in [4.78, 5) is 16.1. The van der Waals surface area contributed by atoms with E-state index < -0.39 is 0 Å². The topological polar surface area (TPSA) is 55.1 Å². The summed E-state index contributed by atoms with van der Waals surface area (Å²) in [5.41, 5.74) is 2.09. The van der Waals surface area contributed by atoms with Crippen molar-refractivity contribution in [1.82, 2.24) is 10.3 Å². The lowest BCUT2D eigenvalue weighted by molar-refractivity contribution is -0.121. The molecule has 24 heavy (non-hydrogen) atoms. The summed E-state index contributed by atoms with van der Waals surface area (Å²) in [7, 11) is 0. The average Bonchev–Trinajstić information content (AvgIpc) is 3.10. The molecule has 1 unspecified atom stereocenters. The van der Waals surface area contributed by atoms with Crippen molar-refractivity contribution >= 4 is 5.91 Å². The third-order valence-electron chi connectivity index (χ3n) is 3.90. The van der Waals surface area contributed by atoms with Gasteiger partial charge in [0.2, 0.25) is 5.91 Å². The number of rotatable bonds is 6. The van der Waals surface area contributed by atoms with Crippen molar-refractivity contribution in [1.29, 1.82) is 0 Å². The second kappa shape index (κ2) is 7.59. The van der Waals surface area contributed by atoms with Gasteiger partial charge in [-0.15, -0.1) is 0 Å². The molecule has 0 radical (unpaired) electrons. The first kappa shape index (κ1) is 16.0. The lowest BCUT2D eigenvalue weighted by atomic mass is 10.1. The van der Waals surface area contributed by atoms with Crippen molar-refractivity contribution in [3.63, 3.8) is 0 Å². The van der Waals surface area contributed by atoms with Crippen LogP contribution >= 0.6 is 0 Å². The number of carbonyl (C=O) groups excluding carboxylic acids is 1. The zero-order chi connectivity index (χ0) is 16.8. The maximum atomic E-state index is 12.1. The van der Waals surface area contributed by atoms with Crippen LogP contribution in [0.3, 0.4) is 0 Å². The minimum atomic E-state index is -0.0306. The van der Waals surface area contributed by atoms with Crippen LogP contribution in [0, 0.1) is 0 Å². The smallest absolute Gasteiger partial charge is 0.220 e. The molecular weight excluding hydrogens is 300 g/mol. The Bertz CT molecular complexity index is 782. The van der Waals surface area contributed by atoms with E-state index in [2.05, 4.69) is 10.3 Å². The van der Waals surface area contributed by atoms with Crippen LogP contribution in [0.15, 0.2) is 71.4 Å². The first-order valence-corrected chi connectivity index (χ1v) is 8.06. The van der Waals surface area contributed by atoms with E-state index in [9.17, 15) is 4.79 Å². The lowest BCUT2D eigenvalue weighted by Crippen LogP contribution is -2.26. The van der Waals surface area contributed by atoms with Gasteiger partial charge in [-0.3, -0.25) is 9.78 Å². The van der Waals surface area contributed by atoms with E-state index >= 15 is 0 Å². The predicted octanol–water partition coefficient (Wildman–Crippen LogP) is 4.15. The van der Waals surface area contributed by atoms with Crippen molar-refractivity contribution in [2.45, 2.75) is 25.8 Å². The molecule has 0 fully saturated rings. The molecule has 1 atom stereocenters. The van der Waals surface area contributed by atoms with Crippen LogP contribution in [0.2, 0.25) is 0 Å². The Morgan fingerprint density at radius 3 is 2.58 bits per heavy atom. The summed E-state index contributed by atoms with van der Waals surface area (Å²) in [6.45, 7) is 1.97. The van der Waals surface area contributed by atoms with Crippen LogP contribution in [0.25, 0.3) is 11.3 Å². The van der Waals surface area contributed by atoms with E-state index in [-0.39, 0.29) is 11.9 Å². The lowest BCUT2D eigenvalue weighted by Gasteiger charge is -2.13. The van der Waals surface area contributed by atoms with Crippen LogP contribution in [0.5, 0.6) is 0 Å². The first-order valence-electron chi connectivity index (χ1n) is 8.06. The largest absolute Gasteiger partial charge is 0.461 e. The number of nitrogens with one attached hydrogen (secondary N) is 1. The van der Waals surface area contributed by atoms with Crippen molar-refractivity contribution in [2.75, 3.05) is 0 Å². The van der Waals surface area contributed by atoms with Crippen molar-refractivity contribution < 1.29 is 9.21 Å². The fourth-order valence-electron chi connectivity index (χ4n) is 2.56. The number of hydrogen-bond acceptors (Lipinski definition) is 3. The number of aryl methyl sites for hydroxylation is 1. The summed E-state index contributed by atoms with van der Waals surface area (Å²) in [5, 5.41) is 3.00. The van der Waals surface area contributed by atoms with Gasteiger partial charge in [0, 0.05) is 30.8 Å². The number of aromatic nitrogens is 1. The average molecular weight is 320 g/mol. The zero-order valence-corrected chi connectivity index (χ0v) is 13.6. The molecule has 1 N–H and O–H groups in total. The number of amides is 1. The molecule has 0 saturated carbocycles. The zero-order valence-electron chi connectivity index (χ0n) is 13.6. The monoisotopic (exact) mass is 320 g/mol. The second-order valence-electron chi connectivity index (χ2n) is 5.70. The van der Waals surface area contributed by atoms with Gasteiger partial charge in [0.1, 0.15) is 11.5 Å². The third kappa shape index (κ3) is 4.10. The molecule has 122 valence electrons. The third-order valence-corrected chi connectivity index (χ3v) is 3.90. The minimum Gasteiger partial charge on any atom is -0.461 e. The molecule has 2 aromatic heterocycles. The molecule has 3 rings (SSSR count). The number of furan rings is 1. The van der Waals surface area contributed by atoms with Gasteiger partial charge in [0.25, 0.3) is 0 Å². The van der Waals surface area contributed by atoms with Crippen molar-refractivity contribution in [3.8, 4) is 11.3 Å². The highest BCUT2D eigenvalue weighted by Gasteiger charge is 2.11. The maximum Gasteiger partial charge on any atom is 0.220 e. The molecule has 0 spiro atoms. The molecule has 1 aromatic carbocycles. The highest BCUT2D eigenvalue weighted by Crippen LogP contribution is 2.22. The van der Waals surface area contributed by atoms with Gasteiger partial charge in [0.15, 0.2) is 0 Å². The SMILES string of the molecule is CC(NC(=O)CCc1ccc(-c2ccccc2)o1)c1ccncc1. The quantitative estimate of drug-likeness (QED) is 0.742. The molecule has 2 heterocycles. The number of nitrogens with zero attached hydrogens (tertiary/aromatic N) is 1. The molecule has 0 bridgehead atoms. The van der Waals surface area contributed by atoms with Gasteiger partial charge >= 0.3 is 0 Å². The van der Waals surface area contributed by atoms with Crippen molar-refractivity contribution in [3.05, 3.63) is 78.3 Å². The molecule has 1 amide bonds. The van der Waals surface area contributed by atoms with Crippen molar-refractivity contribution in [2.24, 2.45) is 0 Å². The van der Waals surface area contributed by atoms with Crippen LogP contribution < -0.4 is 5.32 Å². The van der Waals surface area contributed by atoms with Gasteiger partial charge in [-0.25, -0.2) is 0 Å². The molecule has 0 aliphatic rings. The fraction of sp³-hybridized carbons (Fsp3) is 0.200. The molecule has 0 saturated heterocycles. The summed E-state index contributed by atoms with van der Waals surface area (Å²) in [6.07, 6.45) is 4.44. The molecule has 0 aliphatic heterocycles. The summed E-state index contributed by atoms with van der Waals surface area (Å²) >= 11 is 0. The van der Waals surface area contributed by atoms with Gasteiger partial charge in [-0.1, -0.05) is 30.3 Å². The molecule has 4 nitrogen and oxygen atoms in total. The van der Waals surface area contributed by atoms with E-state index in [0.29, 0.717) is 12.8 Å². The second-order valence-corrected chi connectivity index (χ2v) is 5.70. The maximum absolute atomic E-state index is 12.1. The van der Waals surface area contributed by atoms with E-state index in [1.54, 1.807) is 12.4 Å². The van der Waals surface area contributed by atoms with Gasteiger partial charge in [-0.05, 0) is 36.8 Å². The van der Waals surface area contributed by atoms with Gasteiger partial charge in [0.05, 0.1) is 6.04 Å². The van der Waals surface area contributed by atoms with Crippen LogP contribution in [-0.4, -0.2) is 10.9 Å². The predicted molar refractivity (Wildman–Crippen MR) is 93.3 cm³/mol. The molecule has 4 heteroatoms. The highest BCUT2D eigenvalue weighted by molar-refractivity contribution is 5.76. The number of carbonyl (C=O) groups is 1. The fourth-order valence-corrected chi connectivity index (χ4v) is 2.56. The Balaban J connectivity index is 1.53. The van der Waals surface area contributed by atoms with E-state index in [4.69, 9.17) is 4.42 Å². The van der Waals surface area contributed by atoms with Crippen LogP contribution in [0.1, 0.15) is 30.7 Å². The standard InChI is InChI=1S/C20H20N2O2/c1-15(16-11-13-21-14-12-16)22-20(23)10-8-18-7-9-19(24-18)17-5-3-2-4-6-17/h2-7,9,11-15H,8,10H2,1H3,(H,22,23). The number of hydrogen-bond donors (Lipinski definition) is 1. The first-order chi connectivity index (χ1) is 11.7. The normalized spacial score (nSPS) is 11.9. The minimum absolute atomic E-state index is 0.0111. The van der Waals surface area contributed by atoms with E-state index in [0.717, 1.165) is 22.6 Å². The summed E-state index contributed by atoms with van der Waals surface area (Å²) in [5.74, 6) is 1.66. The van der Waals surface area contributed by atoms with Gasteiger partial charge < -0.3 is 9.73 Å². The van der Waals surface area contributed by atoms with Crippen LogP contribution in [0.4, 0.5) is 0 Å². The Morgan fingerprint density at radius 1 is 1.08 bits per heavy atom. The highest BCUT2D eigenvalue weighted by atomic mass is 16.3. The molecular formula is C20H20N2O2. The van der Waals surface area contributed by atoms with Gasteiger partial charge in [-0.2, -0.15) is 0 Å². The Morgan fingerprint density at radius 2 is 1.83 bits per heavy atom. The summed E-state index contributed by atoms with van der Waals surface area (Å²) < 4.78 is 5.82. The Kier molecular flexibility index (Phi) is 5.06. The number of pyridine rings is 1. The molecule has 3 aromatic rings. The van der Waals surface area contributed by atoms with E-state index in [1.165, 1.54) is 0 Å². The Labute approximate surface area is 141 Å². The van der Waals surface area contributed by atoms with E-state index in [1.807, 2.05) is 61.5 Å². The molecule has 0 aliphatic carbocycles.